The molecule has 154 valence electrons. The Hall–Kier alpha value is -3.71. The van der Waals surface area contributed by atoms with Gasteiger partial charge in [-0.1, -0.05) is 60.7 Å². The number of carbonyl (C=O) groups is 1. The minimum atomic E-state index is -0.158. The van der Waals surface area contributed by atoms with Crippen molar-refractivity contribution >= 4 is 28.3 Å². The lowest BCUT2D eigenvalue weighted by Gasteiger charge is -2.10. The third-order valence-corrected chi connectivity index (χ3v) is 5.49. The molecule has 0 aliphatic carbocycles. The largest absolute Gasteiger partial charge is 0.292 e. The number of para-hydroxylation sites is 1. The highest BCUT2D eigenvalue weighted by Crippen LogP contribution is 2.29. The summed E-state index contributed by atoms with van der Waals surface area (Å²) in [5.41, 5.74) is 6.73. The van der Waals surface area contributed by atoms with Crippen molar-refractivity contribution in [2.75, 3.05) is 5.43 Å². The Morgan fingerprint density at radius 1 is 0.935 bits per heavy atom. The summed E-state index contributed by atoms with van der Waals surface area (Å²) < 4.78 is 1.94. The van der Waals surface area contributed by atoms with Crippen molar-refractivity contribution < 1.29 is 4.79 Å². The molecule has 0 unspecified atom stereocenters. The fraction of sp³-hybridized carbons (Fsp3) is 0.0833. The average Bonchev–Trinajstić information content (AvgIpc) is 3.21. The quantitative estimate of drug-likeness (QED) is 0.194. The molecule has 0 saturated heterocycles. The van der Waals surface area contributed by atoms with Crippen LogP contribution in [0, 0.1) is 6.92 Å². The second kappa shape index (κ2) is 9.40. The van der Waals surface area contributed by atoms with Crippen LogP contribution in [0.5, 0.6) is 0 Å². The van der Waals surface area contributed by atoms with E-state index in [1.165, 1.54) is 18.7 Å². The van der Waals surface area contributed by atoms with Gasteiger partial charge in [0.05, 0.1) is 5.69 Å². The summed E-state index contributed by atoms with van der Waals surface area (Å²) in [4.78, 5) is 12.3. The number of aromatic nitrogens is 3. The third kappa shape index (κ3) is 4.90. The van der Waals surface area contributed by atoms with Crippen molar-refractivity contribution in [2.45, 2.75) is 19.0 Å². The summed E-state index contributed by atoms with van der Waals surface area (Å²) >= 11 is 1.18. The number of ketones is 1. The fourth-order valence-corrected chi connectivity index (χ4v) is 3.78. The van der Waals surface area contributed by atoms with Crippen LogP contribution < -0.4 is 5.43 Å². The number of Topliss-reactive ketones (excluding diaryl/α,β-unsaturated/α-hetero) is 1. The molecule has 1 heterocycles. The topological polar surface area (TPSA) is 72.2 Å². The number of nitrogens with one attached hydrogen (secondary N) is 1. The van der Waals surface area contributed by atoms with Gasteiger partial charge in [0.2, 0.25) is 5.16 Å². The van der Waals surface area contributed by atoms with E-state index in [0.717, 1.165) is 22.5 Å². The Morgan fingerprint density at radius 3 is 2.32 bits per heavy atom. The Labute approximate surface area is 185 Å². The first-order valence-corrected chi connectivity index (χ1v) is 10.6. The molecule has 0 fully saturated rings. The van der Waals surface area contributed by atoms with Crippen LogP contribution in [0.4, 0.5) is 5.69 Å². The van der Waals surface area contributed by atoms with Crippen LogP contribution in [-0.2, 0) is 4.79 Å². The molecule has 0 saturated carbocycles. The van der Waals surface area contributed by atoms with Gasteiger partial charge in [0.15, 0.2) is 16.7 Å². The summed E-state index contributed by atoms with van der Waals surface area (Å²) in [7, 11) is 0. The normalized spacial score (nSPS) is 11.4. The summed E-state index contributed by atoms with van der Waals surface area (Å²) in [6.45, 7) is 3.49. The van der Waals surface area contributed by atoms with Crippen molar-refractivity contribution in [3.63, 3.8) is 0 Å². The molecular weight excluding hydrogens is 406 g/mol. The van der Waals surface area contributed by atoms with E-state index in [0.29, 0.717) is 16.0 Å². The number of benzene rings is 3. The maximum absolute atomic E-state index is 12.3. The van der Waals surface area contributed by atoms with Crippen molar-refractivity contribution in [1.29, 1.82) is 0 Å². The van der Waals surface area contributed by atoms with E-state index < -0.39 is 0 Å². The van der Waals surface area contributed by atoms with Crippen LogP contribution >= 0.6 is 11.8 Å². The van der Waals surface area contributed by atoms with Crippen molar-refractivity contribution in [2.24, 2.45) is 5.10 Å². The minimum absolute atomic E-state index is 0.158. The number of nitrogens with zero attached hydrogens (tertiary/aromatic N) is 4. The van der Waals surface area contributed by atoms with Gasteiger partial charge in [0.25, 0.3) is 0 Å². The summed E-state index contributed by atoms with van der Waals surface area (Å²) in [6.07, 6.45) is 0. The standard InChI is InChI=1S/C24H21N5OS/c1-17-10-9-13-20(16-17)25-27-23(18(2)30)31-24-28-26-22(19-11-5-3-6-12-19)29(24)21-14-7-4-8-15-21/h3-16,25H,1-2H3. The van der Waals surface area contributed by atoms with Crippen LogP contribution in [-0.4, -0.2) is 25.6 Å². The number of rotatable bonds is 6. The van der Waals surface area contributed by atoms with E-state index in [1.54, 1.807) is 0 Å². The maximum atomic E-state index is 12.3. The molecule has 7 heteroatoms. The zero-order valence-corrected chi connectivity index (χ0v) is 18.0. The van der Waals surface area contributed by atoms with E-state index >= 15 is 0 Å². The molecule has 0 spiro atoms. The van der Waals surface area contributed by atoms with Gasteiger partial charge in [-0.15, -0.1) is 10.2 Å². The van der Waals surface area contributed by atoms with Crippen LogP contribution in [0.25, 0.3) is 17.1 Å². The molecule has 1 aromatic heterocycles. The van der Waals surface area contributed by atoms with E-state index in [9.17, 15) is 4.79 Å². The number of hydrazone groups is 1. The van der Waals surface area contributed by atoms with Gasteiger partial charge in [-0.2, -0.15) is 5.10 Å². The molecule has 0 radical (unpaired) electrons. The first kappa shape index (κ1) is 20.6. The summed E-state index contributed by atoms with van der Waals surface area (Å²) in [6, 6.07) is 27.5. The van der Waals surface area contributed by atoms with Crippen molar-refractivity contribution in [3.8, 4) is 17.1 Å². The SMILES string of the molecule is CC(=O)C(=NNc1cccc(C)c1)Sc1nnc(-c2ccccc2)n1-c1ccccc1. The molecule has 4 aromatic rings. The van der Waals surface area contributed by atoms with E-state index in [4.69, 9.17) is 0 Å². The molecular formula is C24H21N5OS. The molecule has 0 atom stereocenters. The zero-order chi connectivity index (χ0) is 21.6. The van der Waals surface area contributed by atoms with E-state index in [2.05, 4.69) is 20.7 Å². The van der Waals surface area contributed by atoms with Gasteiger partial charge in [0.1, 0.15) is 0 Å². The number of hydrogen-bond acceptors (Lipinski definition) is 6. The summed E-state index contributed by atoms with van der Waals surface area (Å²) in [5.74, 6) is 0.540. The van der Waals surface area contributed by atoms with Gasteiger partial charge in [-0.3, -0.25) is 14.8 Å². The highest BCUT2D eigenvalue weighted by molar-refractivity contribution is 8.15. The molecule has 0 amide bonds. The van der Waals surface area contributed by atoms with E-state index in [1.807, 2.05) is 96.4 Å². The first-order valence-electron chi connectivity index (χ1n) is 9.77. The first-order chi connectivity index (χ1) is 15.1. The van der Waals surface area contributed by atoms with Crippen LogP contribution in [0.3, 0.4) is 0 Å². The van der Waals surface area contributed by atoms with E-state index in [-0.39, 0.29) is 5.78 Å². The van der Waals surface area contributed by atoms with Gasteiger partial charge in [-0.05, 0) is 48.5 Å². The van der Waals surface area contributed by atoms with Gasteiger partial charge < -0.3 is 0 Å². The molecule has 4 rings (SSSR count). The molecule has 31 heavy (non-hydrogen) atoms. The lowest BCUT2D eigenvalue weighted by Crippen LogP contribution is -2.10. The van der Waals surface area contributed by atoms with Gasteiger partial charge in [-0.25, -0.2) is 0 Å². The second-order valence-corrected chi connectivity index (χ2v) is 7.86. The Kier molecular flexibility index (Phi) is 6.24. The number of hydrogen-bond donors (Lipinski definition) is 1. The predicted molar refractivity (Wildman–Crippen MR) is 126 cm³/mol. The molecule has 3 aromatic carbocycles. The Bertz CT molecular complexity index is 1220. The number of aryl methyl sites for hydroxylation is 1. The van der Waals surface area contributed by atoms with Gasteiger partial charge in [0, 0.05) is 18.2 Å². The Morgan fingerprint density at radius 2 is 1.65 bits per heavy atom. The average molecular weight is 428 g/mol. The molecule has 0 aliphatic heterocycles. The molecule has 1 N–H and O–H groups in total. The fourth-order valence-electron chi connectivity index (χ4n) is 3.01. The molecule has 0 aliphatic rings. The van der Waals surface area contributed by atoms with Crippen molar-refractivity contribution in [1.82, 2.24) is 14.8 Å². The van der Waals surface area contributed by atoms with Crippen LogP contribution in [0.15, 0.2) is 95.2 Å². The van der Waals surface area contributed by atoms with Crippen molar-refractivity contribution in [3.05, 3.63) is 90.5 Å². The number of thioether (sulfide) groups is 1. The lowest BCUT2D eigenvalue weighted by atomic mass is 10.2. The van der Waals surface area contributed by atoms with Crippen LogP contribution in [0.2, 0.25) is 0 Å². The third-order valence-electron chi connectivity index (χ3n) is 4.47. The number of anilines is 1. The predicted octanol–water partition coefficient (Wildman–Crippen LogP) is 5.35. The molecule has 6 nitrogen and oxygen atoms in total. The second-order valence-electron chi connectivity index (χ2n) is 6.90. The Balaban J connectivity index is 1.72. The van der Waals surface area contributed by atoms with Gasteiger partial charge >= 0.3 is 0 Å². The smallest absolute Gasteiger partial charge is 0.202 e. The minimum Gasteiger partial charge on any atom is -0.292 e. The highest BCUT2D eigenvalue weighted by atomic mass is 32.2. The molecule has 0 bridgehead atoms. The lowest BCUT2D eigenvalue weighted by molar-refractivity contribution is -0.110. The van der Waals surface area contributed by atoms with Crippen LogP contribution in [0.1, 0.15) is 12.5 Å². The highest BCUT2D eigenvalue weighted by Gasteiger charge is 2.20. The maximum Gasteiger partial charge on any atom is 0.202 e. The summed E-state index contributed by atoms with van der Waals surface area (Å²) in [5, 5.41) is 14.0. The number of carbonyl (C=O) groups excluding carboxylic acids is 1. The monoisotopic (exact) mass is 427 g/mol. The zero-order valence-electron chi connectivity index (χ0n) is 17.2.